The average molecular weight is 308 g/mol. The lowest BCUT2D eigenvalue weighted by Gasteiger charge is -2.33. The molecule has 3 nitrogen and oxygen atoms in total. The van der Waals surface area contributed by atoms with Gasteiger partial charge in [0.05, 0.1) is 6.04 Å². The van der Waals surface area contributed by atoms with Crippen LogP contribution >= 0.6 is 0 Å². The van der Waals surface area contributed by atoms with E-state index in [0.29, 0.717) is 6.54 Å². The molecule has 2 aromatic rings. The second kappa shape index (κ2) is 6.97. The van der Waals surface area contributed by atoms with Gasteiger partial charge in [-0.2, -0.15) is 0 Å². The quantitative estimate of drug-likeness (QED) is 0.941. The maximum absolute atomic E-state index is 12.4. The maximum Gasteiger partial charge on any atom is 0.237 e. The first-order valence-electron chi connectivity index (χ1n) is 8.27. The number of nitrogens with one attached hydrogen (secondary N) is 1. The van der Waals surface area contributed by atoms with Crippen LogP contribution in [0.1, 0.15) is 29.2 Å². The fraction of sp³-hybridized carbons (Fsp3) is 0.350. The third-order valence-corrected chi connectivity index (χ3v) is 4.64. The summed E-state index contributed by atoms with van der Waals surface area (Å²) in [6.45, 7) is 6.52. The second-order valence-corrected chi connectivity index (χ2v) is 6.37. The molecule has 120 valence electrons. The van der Waals surface area contributed by atoms with Gasteiger partial charge >= 0.3 is 0 Å². The molecule has 1 heterocycles. The molecule has 0 radical (unpaired) electrons. The lowest BCUT2D eigenvalue weighted by atomic mass is 9.96. The van der Waals surface area contributed by atoms with Crippen LogP contribution < -0.4 is 5.32 Å². The van der Waals surface area contributed by atoms with E-state index in [1.165, 1.54) is 16.7 Å². The molecule has 1 unspecified atom stereocenters. The highest BCUT2D eigenvalue weighted by atomic mass is 16.2. The predicted molar refractivity (Wildman–Crippen MR) is 93.0 cm³/mol. The minimum atomic E-state index is -0.104. The summed E-state index contributed by atoms with van der Waals surface area (Å²) in [6.07, 6.45) is 1.02. The molecule has 0 spiro atoms. The molecule has 0 fully saturated rings. The zero-order valence-corrected chi connectivity index (χ0v) is 13.9. The normalized spacial score (nSPS) is 15.7. The fourth-order valence-electron chi connectivity index (χ4n) is 3.13. The Morgan fingerprint density at radius 1 is 1.17 bits per heavy atom. The van der Waals surface area contributed by atoms with Crippen LogP contribution in [0.5, 0.6) is 0 Å². The minimum Gasteiger partial charge on any atom is -0.351 e. The van der Waals surface area contributed by atoms with Gasteiger partial charge in [0.1, 0.15) is 0 Å². The van der Waals surface area contributed by atoms with Crippen LogP contribution in [0.4, 0.5) is 0 Å². The number of rotatable bonds is 4. The molecule has 0 aliphatic carbocycles. The molecule has 3 heteroatoms. The number of aryl methyl sites for hydroxylation is 1. The Labute approximate surface area is 138 Å². The minimum absolute atomic E-state index is 0.101. The number of carbonyl (C=O) groups is 1. The van der Waals surface area contributed by atoms with E-state index in [9.17, 15) is 4.79 Å². The standard InChI is InChI=1S/C20H24N2O/c1-15-8-9-19-14-22(11-10-18(19)12-15)16(2)20(23)21-13-17-6-4-3-5-7-17/h3-9,12,16H,10-11,13-14H2,1-2H3,(H,21,23). The van der Waals surface area contributed by atoms with E-state index < -0.39 is 0 Å². The number of fused-ring (bicyclic) bond motifs is 1. The number of benzene rings is 2. The highest BCUT2D eigenvalue weighted by Gasteiger charge is 2.25. The molecule has 0 bridgehead atoms. The van der Waals surface area contributed by atoms with Gasteiger partial charge in [0.25, 0.3) is 0 Å². The van der Waals surface area contributed by atoms with E-state index >= 15 is 0 Å². The molecule has 1 atom stereocenters. The summed E-state index contributed by atoms with van der Waals surface area (Å²) in [6, 6.07) is 16.6. The van der Waals surface area contributed by atoms with Gasteiger partial charge in [0.15, 0.2) is 0 Å². The van der Waals surface area contributed by atoms with Gasteiger partial charge in [-0.3, -0.25) is 9.69 Å². The first-order chi connectivity index (χ1) is 11.1. The van der Waals surface area contributed by atoms with Crippen molar-refractivity contribution < 1.29 is 4.79 Å². The molecule has 1 N–H and O–H groups in total. The van der Waals surface area contributed by atoms with Crippen molar-refractivity contribution in [2.24, 2.45) is 0 Å². The highest BCUT2D eigenvalue weighted by Crippen LogP contribution is 2.21. The van der Waals surface area contributed by atoms with Gasteiger partial charge in [-0.1, -0.05) is 54.1 Å². The molecular weight excluding hydrogens is 284 g/mol. The molecule has 23 heavy (non-hydrogen) atoms. The van der Waals surface area contributed by atoms with Crippen LogP contribution in [0.3, 0.4) is 0 Å². The summed E-state index contributed by atoms with van der Waals surface area (Å²) in [7, 11) is 0. The number of hydrogen-bond donors (Lipinski definition) is 1. The van der Waals surface area contributed by atoms with Gasteiger partial charge in [-0.25, -0.2) is 0 Å². The highest BCUT2D eigenvalue weighted by molar-refractivity contribution is 5.81. The van der Waals surface area contributed by atoms with Crippen LogP contribution in [0.15, 0.2) is 48.5 Å². The Balaban J connectivity index is 1.59. The first kappa shape index (κ1) is 15.8. The van der Waals surface area contributed by atoms with Crippen LogP contribution in [-0.4, -0.2) is 23.4 Å². The SMILES string of the molecule is Cc1ccc2c(c1)CCN(C(C)C(=O)NCc1ccccc1)C2. The van der Waals surface area contributed by atoms with Gasteiger partial charge in [-0.05, 0) is 37.0 Å². The predicted octanol–water partition coefficient (Wildman–Crippen LogP) is 3.06. The van der Waals surface area contributed by atoms with Crippen molar-refractivity contribution in [1.82, 2.24) is 10.2 Å². The number of hydrogen-bond acceptors (Lipinski definition) is 2. The Bertz CT molecular complexity index is 681. The zero-order valence-electron chi connectivity index (χ0n) is 13.9. The van der Waals surface area contributed by atoms with Crippen molar-refractivity contribution in [2.45, 2.75) is 39.4 Å². The number of carbonyl (C=O) groups excluding carboxylic acids is 1. The summed E-state index contributed by atoms with van der Waals surface area (Å²) >= 11 is 0. The maximum atomic E-state index is 12.4. The van der Waals surface area contributed by atoms with Crippen LogP contribution in [0, 0.1) is 6.92 Å². The third kappa shape index (κ3) is 3.80. The monoisotopic (exact) mass is 308 g/mol. The van der Waals surface area contributed by atoms with Crippen molar-refractivity contribution in [3.05, 3.63) is 70.8 Å². The molecule has 0 saturated carbocycles. The summed E-state index contributed by atoms with van der Waals surface area (Å²) in [4.78, 5) is 14.7. The molecule has 3 rings (SSSR count). The average Bonchev–Trinajstić information content (AvgIpc) is 2.59. The van der Waals surface area contributed by atoms with E-state index in [4.69, 9.17) is 0 Å². The van der Waals surface area contributed by atoms with Crippen LogP contribution in [0.25, 0.3) is 0 Å². The molecular formula is C20H24N2O. The first-order valence-corrected chi connectivity index (χ1v) is 8.27. The number of nitrogens with zero attached hydrogens (tertiary/aromatic N) is 1. The zero-order chi connectivity index (χ0) is 16.2. The lowest BCUT2D eigenvalue weighted by Crippen LogP contribution is -2.46. The Hall–Kier alpha value is -2.13. The van der Waals surface area contributed by atoms with Gasteiger partial charge < -0.3 is 5.32 Å². The Morgan fingerprint density at radius 3 is 2.74 bits per heavy atom. The smallest absolute Gasteiger partial charge is 0.237 e. The van der Waals surface area contributed by atoms with Crippen molar-refractivity contribution in [3.8, 4) is 0 Å². The van der Waals surface area contributed by atoms with Crippen molar-refractivity contribution in [2.75, 3.05) is 6.54 Å². The van der Waals surface area contributed by atoms with Crippen molar-refractivity contribution in [1.29, 1.82) is 0 Å². The molecule has 0 saturated heterocycles. The third-order valence-electron chi connectivity index (χ3n) is 4.64. The van der Waals surface area contributed by atoms with Gasteiger partial charge in [0.2, 0.25) is 5.91 Å². The summed E-state index contributed by atoms with van der Waals surface area (Å²) in [5.74, 6) is 0.101. The molecule has 1 amide bonds. The van der Waals surface area contributed by atoms with Gasteiger partial charge in [-0.15, -0.1) is 0 Å². The van der Waals surface area contributed by atoms with E-state index in [-0.39, 0.29) is 11.9 Å². The molecule has 1 aliphatic rings. The van der Waals surface area contributed by atoms with Gasteiger partial charge in [0, 0.05) is 19.6 Å². The van der Waals surface area contributed by atoms with Crippen LogP contribution in [-0.2, 0) is 24.3 Å². The van der Waals surface area contributed by atoms with Crippen molar-refractivity contribution in [3.63, 3.8) is 0 Å². The molecule has 2 aromatic carbocycles. The second-order valence-electron chi connectivity index (χ2n) is 6.37. The topological polar surface area (TPSA) is 32.3 Å². The van der Waals surface area contributed by atoms with E-state index in [1.807, 2.05) is 37.3 Å². The fourth-order valence-corrected chi connectivity index (χ4v) is 3.13. The van der Waals surface area contributed by atoms with E-state index in [0.717, 1.165) is 25.1 Å². The van der Waals surface area contributed by atoms with Crippen LogP contribution in [0.2, 0.25) is 0 Å². The molecule has 1 aliphatic heterocycles. The summed E-state index contributed by atoms with van der Waals surface area (Å²) < 4.78 is 0. The number of amides is 1. The summed E-state index contributed by atoms with van der Waals surface area (Å²) in [5, 5.41) is 3.05. The lowest BCUT2D eigenvalue weighted by molar-refractivity contribution is -0.126. The van der Waals surface area contributed by atoms with E-state index in [2.05, 4.69) is 35.3 Å². The molecule has 0 aromatic heterocycles. The van der Waals surface area contributed by atoms with Crippen molar-refractivity contribution >= 4 is 5.91 Å². The Morgan fingerprint density at radius 2 is 1.96 bits per heavy atom. The Kier molecular flexibility index (Phi) is 4.77. The van der Waals surface area contributed by atoms with E-state index in [1.54, 1.807) is 0 Å². The summed E-state index contributed by atoms with van der Waals surface area (Å²) in [5.41, 5.74) is 5.22. The largest absolute Gasteiger partial charge is 0.351 e.